The van der Waals surface area contributed by atoms with E-state index in [9.17, 15) is 0 Å². The highest BCUT2D eigenvalue weighted by molar-refractivity contribution is 7.98. The predicted octanol–water partition coefficient (Wildman–Crippen LogP) is 1.39. The molecule has 0 bridgehead atoms. The normalized spacial score (nSPS) is 14.8. The number of aromatic nitrogens is 4. The lowest BCUT2D eigenvalue weighted by Crippen LogP contribution is -2.44. The molecule has 3 N–H and O–H groups in total. The number of nitrogens with zero attached hydrogens (tertiary/aromatic N) is 4. The van der Waals surface area contributed by atoms with Gasteiger partial charge in [0.15, 0.2) is 22.6 Å². The Kier molecular flexibility index (Phi) is 4.87. The van der Waals surface area contributed by atoms with Gasteiger partial charge in [0.05, 0.1) is 7.11 Å². The molecule has 0 aromatic carbocycles. The van der Waals surface area contributed by atoms with E-state index in [1.807, 2.05) is 19.2 Å². The van der Waals surface area contributed by atoms with Crippen LogP contribution in [0.15, 0.2) is 11.2 Å². The maximum atomic E-state index is 5.61. The number of aromatic amines is 1. The Morgan fingerprint density at radius 2 is 2.09 bits per heavy atom. The van der Waals surface area contributed by atoms with E-state index in [0.29, 0.717) is 22.5 Å². The molecule has 1 aliphatic rings. The number of piperazine rings is 1. The molecule has 0 amide bonds. The summed E-state index contributed by atoms with van der Waals surface area (Å²) in [4.78, 5) is 11.4. The Balaban J connectivity index is 1.99. The number of anilines is 3. The molecule has 0 radical (unpaired) electrons. The molecule has 1 fully saturated rings. The maximum absolute atomic E-state index is 5.61. The summed E-state index contributed by atoms with van der Waals surface area (Å²) in [5, 5.41) is 14.4. The van der Waals surface area contributed by atoms with Crippen molar-refractivity contribution in [2.75, 3.05) is 49.8 Å². The molecule has 124 valence electrons. The first-order valence-electron chi connectivity index (χ1n) is 7.46. The smallest absolute Gasteiger partial charge is 0.204 e. The molecule has 9 heteroatoms. The first-order chi connectivity index (χ1) is 11.2. The SMILES string of the molecule is COc1c(Nc2cc(C)[nH]n2)nc(SC)nc1N1CCNCC1. The fourth-order valence-electron chi connectivity index (χ4n) is 2.48. The van der Waals surface area contributed by atoms with E-state index in [-0.39, 0.29) is 0 Å². The Labute approximate surface area is 139 Å². The van der Waals surface area contributed by atoms with Gasteiger partial charge in [0.2, 0.25) is 5.75 Å². The first kappa shape index (κ1) is 15.9. The number of ether oxygens (including phenoxy) is 1. The second kappa shape index (κ2) is 7.05. The van der Waals surface area contributed by atoms with Crippen LogP contribution in [0, 0.1) is 6.92 Å². The molecule has 23 heavy (non-hydrogen) atoms. The third-order valence-corrected chi connectivity index (χ3v) is 4.13. The zero-order valence-corrected chi connectivity index (χ0v) is 14.3. The third-order valence-electron chi connectivity index (χ3n) is 3.58. The zero-order chi connectivity index (χ0) is 16.2. The van der Waals surface area contributed by atoms with E-state index in [2.05, 4.69) is 35.7 Å². The van der Waals surface area contributed by atoms with E-state index in [1.165, 1.54) is 11.8 Å². The van der Waals surface area contributed by atoms with E-state index in [1.54, 1.807) is 7.11 Å². The lowest BCUT2D eigenvalue weighted by Gasteiger charge is -2.30. The van der Waals surface area contributed by atoms with Crippen molar-refractivity contribution in [3.63, 3.8) is 0 Å². The van der Waals surface area contributed by atoms with Crippen molar-refractivity contribution in [2.45, 2.75) is 12.1 Å². The van der Waals surface area contributed by atoms with Crippen LogP contribution in [-0.2, 0) is 0 Å². The monoisotopic (exact) mass is 335 g/mol. The van der Waals surface area contributed by atoms with Gasteiger partial charge in [-0.3, -0.25) is 5.10 Å². The van der Waals surface area contributed by atoms with Crippen molar-refractivity contribution in [1.82, 2.24) is 25.5 Å². The van der Waals surface area contributed by atoms with Crippen molar-refractivity contribution in [3.05, 3.63) is 11.8 Å². The van der Waals surface area contributed by atoms with Crippen LogP contribution in [0.2, 0.25) is 0 Å². The molecule has 3 heterocycles. The molecule has 0 saturated carbocycles. The van der Waals surface area contributed by atoms with Gasteiger partial charge in [-0.2, -0.15) is 5.10 Å². The lowest BCUT2D eigenvalue weighted by molar-refractivity contribution is 0.409. The van der Waals surface area contributed by atoms with Crippen LogP contribution in [-0.4, -0.2) is 59.7 Å². The van der Waals surface area contributed by atoms with Gasteiger partial charge >= 0.3 is 0 Å². The van der Waals surface area contributed by atoms with Crippen molar-refractivity contribution in [3.8, 4) is 5.75 Å². The fraction of sp³-hybridized carbons (Fsp3) is 0.500. The van der Waals surface area contributed by atoms with Crippen LogP contribution < -0.4 is 20.3 Å². The molecule has 0 atom stereocenters. The van der Waals surface area contributed by atoms with Gasteiger partial charge in [0.1, 0.15) is 0 Å². The van der Waals surface area contributed by atoms with Gasteiger partial charge < -0.3 is 20.3 Å². The summed E-state index contributed by atoms with van der Waals surface area (Å²) in [6.45, 7) is 5.60. The number of hydrogen-bond acceptors (Lipinski definition) is 8. The molecule has 1 aliphatic heterocycles. The highest BCUT2D eigenvalue weighted by Gasteiger charge is 2.22. The first-order valence-corrected chi connectivity index (χ1v) is 8.68. The van der Waals surface area contributed by atoms with Crippen LogP contribution >= 0.6 is 11.8 Å². The molecular weight excluding hydrogens is 314 g/mol. The van der Waals surface area contributed by atoms with E-state index < -0.39 is 0 Å². The second-order valence-electron chi connectivity index (χ2n) is 5.21. The number of methoxy groups -OCH3 is 1. The predicted molar refractivity (Wildman–Crippen MR) is 92.1 cm³/mol. The topological polar surface area (TPSA) is 91.0 Å². The van der Waals surface area contributed by atoms with Crippen LogP contribution in [0.25, 0.3) is 0 Å². The van der Waals surface area contributed by atoms with Gasteiger partial charge in [-0.15, -0.1) is 0 Å². The van der Waals surface area contributed by atoms with Crippen LogP contribution in [0.3, 0.4) is 0 Å². The molecular formula is C14H21N7OS. The lowest BCUT2D eigenvalue weighted by atomic mass is 10.3. The van der Waals surface area contributed by atoms with Crippen molar-refractivity contribution in [1.29, 1.82) is 0 Å². The largest absolute Gasteiger partial charge is 0.490 e. The minimum absolute atomic E-state index is 0.631. The Morgan fingerprint density at radius 1 is 1.30 bits per heavy atom. The fourth-order valence-corrected chi connectivity index (χ4v) is 2.84. The standard InChI is InChI=1S/C14H21N7OS/c1-9-8-10(20-19-9)16-12-11(22-2)13(18-14(17-12)23-3)21-6-4-15-5-7-21/h8,15H,4-7H2,1-3H3,(H2,16,17,18,19,20). The van der Waals surface area contributed by atoms with Gasteiger partial charge in [-0.25, -0.2) is 9.97 Å². The number of H-pyrrole nitrogens is 1. The van der Waals surface area contributed by atoms with E-state index in [0.717, 1.165) is 37.7 Å². The average molecular weight is 335 g/mol. The summed E-state index contributed by atoms with van der Waals surface area (Å²) in [7, 11) is 1.64. The number of aryl methyl sites for hydroxylation is 1. The minimum Gasteiger partial charge on any atom is -0.490 e. The zero-order valence-electron chi connectivity index (χ0n) is 13.5. The summed E-state index contributed by atoms with van der Waals surface area (Å²) in [5.41, 5.74) is 0.980. The van der Waals surface area contributed by atoms with Gasteiger partial charge in [0.25, 0.3) is 0 Å². The molecule has 0 aliphatic carbocycles. The summed E-state index contributed by atoms with van der Waals surface area (Å²) in [6.07, 6.45) is 1.96. The molecule has 3 rings (SSSR count). The number of rotatable bonds is 5. The number of hydrogen-bond donors (Lipinski definition) is 3. The van der Waals surface area contributed by atoms with Crippen LogP contribution in [0.1, 0.15) is 5.69 Å². The van der Waals surface area contributed by atoms with Crippen LogP contribution in [0.4, 0.5) is 17.5 Å². The summed E-state index contributed by atoms with van der Waals surface area (Å²) in [6, 6.07) is 1.92. The van der Waals surface area contributed by atoms with Gasteiger partial charge in [0, 0.05) is 37.9 Å². The number of thioether (sulfide) groups is 1. The molecule has 8 nitrogen and oxygen atoms in total. The Bertz CT molecular complexity index is 669. The quantitative estimate of drug-likeness (QED) is 0.558. The number of nitrogens with one attached hydrogen (secondary N) is 3. The summed E-state index contributed by atoms with van der Waals surface area (Å²) >= 11 is 1.51. The minimum atomic E-state index is 0.631. The molecule has 0 spiro atoms. The van der Waals surface area contributed by atoms with Crippen molar-refractivity contribution >= 4 is 29.2 Å². The van der Waals surface area contributed by atoms with Crippen molar-refractivity contribution < 1.29 is 4.74 Å². The second-order valence-corrected chi connectivity index (χ2v) is 5.99. The summed E-state index contributed by atoms with van der Waals surface area (Å²) in [5.74, 6) is 2.80. The van der Waals surface area contributed by atoms with Gasteiger partial charge in [-0.1, -0.05) is 11.8 Å². The molecule has 1 saturated heterocycles. The van der Waals surface area contributed by atoms with Crippen LogP contribution in [0.5, 0.6) is 5.75 Å². The molecule has 0 unspecified atom stereocenters. The molecule has 2 aromatic heterocycles. The van der Waals surface area contributed by atoms with E-state index >= 15 is 0 Å². The maximum Gasteiger partial charge on any atom is 0.204 e. The van der Waals surface area contributed by atoms with E-state index in [4.69, 9.17) is 4.74 Å². The Morgan fingerprint density at radius 3 is 2.70 bits per heavy atom. The Hall–Kier alpha value is -2.00. The van der Waals surface area contributed by atoms with Crippen molar-refractivity contribution in [2.24, 2.45) is 0 Å². The molecule has 2 aromatic rings. The third kappa shape index (κ3) is 3.50. The highest BCUT2D eigenvalue weighted by Crippen LogP contribution is 2.36. The van der Waals surface area contributed by atoms with Gasteiger partial charge in [-0.05, 0) is 13.2 Å². The highest BCUT2D eigenvalue weighted by atomic mass is 32.2. The summed E-state index contributed by atoms with van der Waals surface area (Å²) < 4.78 is 5.61. The average Bonchev–Trinajstić information content (AvgIpc) is 2.99.